The molecule has 1 heterocycles. The molecule has 1 aliphatic heterocycles. The van der Waals surface area contributed by atoms with Crippen LogP contribution < -0.4 is 5.32 Å². The Kier molecular flexibility index (Phi) is 3.45. The number of para-hydroxylation sites is 1. The zero-order valence-electron chi connectivity index (χ0n) is 11.2. The highest BCUT2D eigenvalue weighted by Crippen LogP contribution is 2.53. The predicted octanol–water partition coefficient (Wildman–Crippen LogP) is 4.61. The van der Waals surface area contributed by atoms with Crippen LogP contribution in [0.25, 0.3) is 0 Å². The number of rotatable bonds is 2. The summed E-state index contributed by atoms with van der Waals surface area (Å²) in [6, 6.07) is 5.98. The number of hydrogen-bond acceptors (Lipinski definition) is 2. The first-order valence-electron chi connectivity index (χ1n) is 6.84. The van der Waals surface area contributed by atoms with E-state index in [1.807, 2.05) is 18.2 Å². The molecule has 0 radical (unpaired) electrons. The SMILES string of the molecule is CC1(C)C(Nc2c(Cl)cccc2Cl)C2CCCOC21. The Hall–Kier alpha value is -0.440. The molecule has 1 aliphatic carbocycles. The number of halogens is 2. The first-order valence-corrected chi connectivity index (χ1v) is 7.59. The van der Waals surface area contributed by atoms with E-state index in [4.69, 9.17) is 27.9 Å². The van der Waals surface area contributed by atoms with Gasteiger partial charge in [0.1, 0.15) is 0 Å². The Balaban J connectivity index is 1.83. The second-order valence-electron chi connectivity index (χ2n) is 6.14. The molecule has 0 spiro atoms. The summed E-state index contributed by atoms with van der Waals surface area (Å²) in [7, 11) is 0. The van der Waals surface area contributed by atoms with Crippen molar-refractivity contribution in [1.29, 1.82) is 0 Å². The summed E-state index contributed by atoms with van der Waals surface area (Å²) >= 11 is 12.5. The van der Waals surface area contributed by atoms with Gasteiger partial charge in [0.25, 0.3) is 0 Å². The summed E-state index contributed by atoms with van der Waals surface area (Å²) in [4.78, 5) is 0. The standard InChI is InChI=1S/C15H19Cl2NO/c1-15(2)13(9-5-4-8-19-14(9)15)18-12-10(16)6-3-7-11(12)17/h3,6-7,9,13-14,18H,4-5,8H2,1-2H3. The Morgan fingerprint density at radius 3 is 2.63 bits per heavy atom. The van der Waals surface area contributed by atoms with E-state index in [-0.39, 0.29) is 5.41 Å². The molecule has 0 aromatic heterocycles. The van der Waals surface area contributed by atoms with Crippen molar-refractivity contribution in [2.75, 3.05) is 11.9 Å². The van der Waals surface area contributed by atoms with E-state index in [0.717, 1.165) is 18.7 Å². The summed E-state index contributed by atoms with van der Waals surface area (Å²) in [5.74, 6) is 0.566. The van der Waals surface area contributed by atoms with Gasteiger partial charge < -0.3 is 10.1 Å². The number of benzene rings is 1. The van der Waals surface area contributed by atoms with Crippen molar-refractivity contribution < 1.29 is 4.74 Å². The molecule has 0 amide bonds. The van der Waals surface area contributed by atoms with Gasteiger partial charge in [-0.15, -0.1) is 0 Å². The quantitative estimate of drug-likeness (QED) is 0.861. The van der Waals surface area contributed by atoms with E-state index in [1.165, 1.54) is 6.42 Å². The van der Waals surface area contributed by atoms with Crippen LogP contribution in [-0.2, 0) is 4.74 Å². The second kappa shape index (κ2) is 4.83. The van der Waals surface area contributed by atoms with Crippen LogP contribution in [0.4, 0.5) is 5.69 Å². The Bertz CT molecular complexity index is 469. The van der Waals surface area contributed by atoms with E-state index < -0.39 is 0 Å². The lowest BCUT2D eigenvalue weighted by Crippen LogP contribution is -2.67. The lowest BCUT2D eigenvalue weighted by molar-refractivity contribution is -0.177. The monoisotopic (exact) mass is 299 g/mol. The minimum atomic E-state index is 0.119. The lowest BCUT2D eigenvalue weighted by Gasteiger charge is -2.60. The fourth-order valence-electron chi connectivity index (χ4n) is 3.61. The van der Waals surface area contributed by atoms with Gasteiger partial charge in [-0.05, 0) is 25.0 Å². The molecule has 19 heavy (non-hydrogen) atoms. The largest absolute Gasteiger partial charge is 0.379 e. The summed E-state index contributed by atoms with van der Waals surface area (Å²) < 4.78 is 5.91. The molecule has 2 aliphatic rings. The van der Waals surface area contributed by atoms with E-state index >= 15 is 0 Å². The maximum Gasteiger partial charge on any atom is 0.0721 e. The normalized spacial score (nSPS) is 32.3. The smallest absolute Gasteiger partial charge is 0.0721 e. The van der Waals surface area contributed by atoms with Crippen LogP contribution in [0.3, 0.4) is 0 Å². The van der Waals surface area contributed by atoms with Crippen molar-refractivity contribution in [3.63, 3.8) is 0 Å². The van der Waals surface area contributed by atoms with Crippen molar-refractivity contribution >= 4 is 28.9 Å². The molecule has 1 N–H and O–H groups in total. The van der Waals surface area contributed by atoms with E-state index in [9.17, 15) is 0 Å². The first kappa shape index (κ1) is 13.5. The predicted molar refractivity (Wildman–Crippen MR) is 80.1 cm³/mol. The molecule has 2 nitrogen and oxygen atoms in total. The maximum atomic E-state index is 6.24. The molecule has 0 bridgehead atoms. The molecule has 2 fully saturated rings. The van der Waals surface area contributed by atoms with Crippen molar-refractivity contribution in [2.45, 2.75) is 38.8 Å². The van der Waals surface area contributed by atoms with Gasteiger partial charge in [0.05, 0.1) is 21.8 Å². The van der Waals surface area contributed by atoms with Gasteiger partial charge in [0.2, 0.25) is 0 Å². The van der Waals surface area contributed by atoms with Crippen molar-refractivity contribution in [3.8, 4) is 0 Å². The minimum absolute atomic E-state index is 0.119. The van der Waals surface area contributed by atoms with E-state index in [2.05, 4.69) is 19.2 Å². The van der Waals surface area contributed by atoms with Gasteiger partial charge in [-0.1, -0.05) is 43.1 Å². The average molecular weight is 300 g/mol. The van der Waals surface area contributed by atoms with Crippen LogP contribution in [0, 0.1) is 11.3 Å². The Morgan fingerprint density at radius 1 is 1.26 bits per heavy atom. The fourth-order valence-corrected chi connectivity index (χ4v) is 4.11. The van der Waals surface area contributed by atoms with Crippen LogP contribution in [-0.4, -0.2) is 18.8 Å². The van der Waals surface area contributed by atoms with Crippen LogP contribution in [0.2, 0.25) is 10.0 Å². The first-order chi connectivity index (χ1) is 9.01. The maximum absolute atomic E-state index is 6.24. The molecular weight excluding hydrogens is 281 g/mol. The van der Waals surface area contributed by atoms with Gasteiger partial charge in [0, 0.05) is 24.0 Å². The third-order valence-electron chi connectivity index (χ3n) is 4.59. The van der Waals surface area contributed by atoms with E-state index in [1.54, 1.807) is 0 Å². The summed E-state index contributed by atoms with van der Waals surface area (Å²) in [5, 5.41) is 4.93. The summed E-state index contributed by atoms with van der Waals surface area (Å²) in [6.45, 7) is 5.40. The van der Waals surface area contributed by atoms with Gasteiger partial charge in [0.15, 0.2) is 0 Å². The molecule has 4 heteroatoms. The summed E-state index contributed by atoms with van der Waals surface area (Å²) in [6.07, 6.45) is 2.72. The van der Waals surface area contributed by atoms with Crippen LogP contribution in [0.15, 0.2) is 18.2 Å². The highest BCUT2D eigenvalue weighted by molar-refractivity contribution is 6.39. The molecular formula is C15H19Cl2NO. The fraction of sp³-hybridized carbons (Fsp3) is 0.600. The van der Waals surface area contributed by atoms with E-state index in [0.29, 0.717) is 28.1 Å². The second-order valence-corrected chi connectivity index (χ2v) is 6.95. The van der Waals surface area contributed by atoms with Gasteiger partial charge in [-0.3, -0.25) is 0 Å². The Labute approximate surface area is 124 Å². The van der Waals surface area contributed by atoms with Crippen molar-refractivity contribution in [2.24, 2.45) is 11.3 Å². The average Bonchev–Trinajstić information content (AvgIpc) is 2.38. The molecule has 1 saturated carbocycles. The van der Waals surface area contributed by atoms with Gasteiger partial charge in [-0.2, -0.15) is 0 Å². The highest BCUT2D eigenvalue weighted by atomic mass is 35.5. The topological polar surface area (TPSA) is 21.3 Å². The zero-order valence-corrected chi connectivity index (χ0v) is 12.8. The van der Waals surface area contributed by atoms with Gasteiger partial charge >= 0.3 is 0 Å². The summed E-state index contributed by atoms with van der Waals surface area (Å²) in [5.41, 5.74) is 0.973. The van der Waals surface area contributed by atoms with Crippen LogP contribution >= 0.6 is 23.2 Å². The highest BCUT2D eigenvalue weighted by Gasteiger charge is 2.58. The molecule has 1 aromatic carbocycles. The van der Waals surface area contributed by atoms with Gasteiger partial charge in [-0.25, -0.2) is 0 Å². The third-order valence-corrected chi connectivity index (χ3v) is 5.22. The minimum Gasteiger partial charge on any atom is -0.379 e. The zero-order chi connectivity index (χ0) is 13.6. The van der Waals surface area contributed by atoms with Crippen molar-refractivity contribution in [1.82, 2.24) is 0 Å². The number of nitrogens with one attached hydrogen (secondary N) is 1. The van der Waals surface area contributed by atoms with Crippen molar-refractivity contribution in [3.05, 3.63) is 28.2 Å². The van der Waals surface area contributed by atoms with Crippen LogP contribution in [0.5, 0.6) is 0 Å². The molecule has 3 atom stereocenters. The third kappa shape index (κ3) is 2.14. The number of anilines is 1. The number of hydrogen-bond donors (Lipinski definition) is 1. The molecule has 1 aromatic rings. The molecule has 3 rings (SSSR count). The molecule has 3 unspecified atom stereocenters. The number of ether oxygens (including phenoxy) is 1. The molecule has 104 valence electrons. The molecule has 1 saturated heterocycles. The van der Waals surface area contributed by atoms with Crippen LogP contribution in [0.1, 0.15) is 26.7 Å². The Morgan fingerprint density at radius 2 is 1.95 bits per heavy atom. The lowest BCUT2D eigenvalue weighted by atomic mass is 9.55. The number of fused-ring (bicyclic) bond motifs is 1.